The molecule has 14 rings (SSSR count). The van der Waals surface area contributed by atoms with Crippen molar-refractivity contribution < 1.29 is 42.1 Å². The van der Waals surface area contributed by atoms with Crippen molar-refractivity contribution >= 4 is 34.6 Å². The summed E-state index contributed by atoms with van der Waals surface area (Å²) in [5.74, 6) is 3.20. The summed E-state index contributed by atoms with van der Waals surface area (Å²) < 4.78 is 0. The Labute approximate surface area is 434 Å². The molecule has 4 aromatic heterocycles. The Kier molecular flexibility index (Phi) is 11.4. The summed E-state index contributed by atoms with van der Waals surface area (Å²) in [6.45, 7) is 3.98. The molecular weight excluding hydrogens is 1230 g/mol. The number of hydrogen-bond donors (Lipinski definition) is 0. The van der Waals surface area contributed by atoms with Gasteiger partial charge in [0.05, 0.1) is 10.8 Å². The summed E-state index contributed by atoms with van der Waals surface area (Å²) in [4.78, 5) is 26.1. The molecule has 70 heavy (non-hydrogen) atoms. The van der Waals surface area contributed by atoms with Gasteiger partial charge in [0.15, 0.2) is 0 Å². The molecule has 0 saturated carbocycles. The largest absolute Gasteiger partial charge is 0.581 e. The molecule has 2 aliphatic heterocycles. The van der Waals surface area contributed by atoms with E-state index in [1.165, 1.54) is 44.5 Å². The zero-order chi connectivity index (χ0) is 45.4. The van der Waals surface area contributed by atoms with Crippen LogP contribution in [0.2, 0.25) is 0 Å². The number of nitrogens with zero attached hydrogens (tertiary/aromatic N) is 12. The van der Waals surface area contributed by atoms with Gasteiger partial charge in [-0.3, -0.25) is 0 Å². The van der Waals surface area contributed by atoms with Crippen LogP contribution in [0.4, 0.5) is 34.6 Å². The Hall–Kier alpha value is -7.52. The molecule has 0 atom stereocenters. The minimum absolute atomic E-state index is 0. The van der Waals surface area contributed by atoms with Crippen LogP contribution in [0.5, 0.6) is 0 Å². The summed E-state index contributed by atoms with van der Waals surface area (Å²) in [7, 11) is 3.95. The van der Waals surface area contributed by atoms with Crippen LogP contribution in [-0.2, 0) is 53.0 Å². The fraction of sp³-hybridized carbons (Fsp3) is 0.0714. The molecule has 0 spiro atoms. The number of rotatable bonds is 6. The number of fused-ring (bicyclic) bond motifs is 8. The van der Waals surface area contributed by atoms with Gasteiger partial charge in [0.2, 0.25) is 0 Å². The predicted molar refractivity (Wildman–Crippen MR) is 261 cm³/mol. The van der Waals surface area contributed by atoms with E-state index in [1.54, 1.807) is 37.2 Å². The van der Waals surface area contributed by atoms with Crippen molar-refractivity contribution in [2.45, 2.75) is 10.8 Å². The molecule has 0 saturated heterocycles. The van der Waals surface area contributed by atoms with E-state index >= 15 is 0 Å². The van der Waals surface area contributed by atoms with Crippen molar-refractivity contribution in [3.05, 3.63) is 253 Å². The number of benzene rings is 6. The number of aromatic nitrogens is 8. The summed E-state index contributed by atoms with van der Waals surface area (Å²) in [5, 5.41) is 17.6. The van der Waals surface area contributed by atoms with Crippen LogP contribution in [0.15, 0.2) is 183 Å². The van der Waals surface area contributed by atoms with E-state index in [4.69, 9.17) is 0 Å². The van der Waals surface area contributed by atoms with Crippen molar-refractivity contribution in [3.63, 3.8) is 0 Å². The average molecular weight is 1270 g/mol. The molecule has 6 heterocycles. The first-order chi connectivity index (χ1) is 33.6. The summed E-state index contributed by atoms with van der Waals surface area (Å²) >= 11 is 0. The van der Waals surface area contributed by atoms with Crippen LogP contribution in [0, 0.1) is 25.5 Å². The van der Waals surface area contributed by atoms with Gasteiger partial charge in [-0.25, -0.2) is 19.9 Å². The summed E-state index contributed by atoms with van der Waals surface area (Å²) in [5.41, 5.74) is 14.0. The van der Waals surface area contributed by atoms with Crippen molar-refractivity contribution in [3.8, 4) is 22.3 Å². The second-order valence-corrected chi connectivity index (χ2v) is 17.0. The molecule has 12 nitrogen and oxygen atoms in total. The third-order valence-corrected chi connectivity index (χ3v) is 13.5. The van der Waals surface area contributed by atoms with Gasteiger partial charge in [0, 0.05) is 78.3 Å². The first kappa shape index (κ1) is 45.0. The van der Waals surface area contributed by atoms with E-state index in [0.717, 1.165) is 57.2 Å². The monoisotopic (exact) mass is 1270 g/mol. The van der Waals surface area contributed by atoms with E-state index in [2.05, 4.69) is 186 Å². The number of anilines is 6. The van der Waals surface area contributed by atoms with Crippen LogP contribution >= 0.6 is 0 Å². The van der Waals surface area contributed by atoms with Gasteiger partial charge in [-0.15, -0.1) is 35.8 Å². The predicted octanol–water partition coefficient (Wildman–Crippen LogP) is 9.39. The molecule has 2 aliphatic carbocycles. The molecule has 0 fully saturated rings. The van der Waals surface area contributed by atoms with Crippen LogP contribution < -0.4 is 29.8 Å². The molecule has 0 unspecified atom stereocenters. The van der Waals surface area contributed by atoms with Crippen LogP contribution in [0.25, 0.3) is 22.3 Å². The smallest absolute Gasteiger partial charge is 0.143 e. The van der Waals surface area contributed by atoms with E-state index < -0.39 is 10.8 Å². The van der Waals surface area contributed by atoms with Gasteiger partial charge in [-0.2, -0.15) is 60.9 Å². The maximum absolute atomic E-state index is 4.60. The van der Waals surface area contributed by atoms with E-state index in [9.17, 15) is 0 Å². The van der Waals surface area contributed by atoms with Gasteiger partial charge in [-0.05, 0) is 58.6 Å². The summed E-state index contributed by atoms with van der Waals surface area (Å²) in [6, 6.07) is 58.3. The van der Waals surface area contributed by atoms with E-state index in [-0.39, 0.29) is 42.1 Å². The Bertz CT molecular complexity index is 3200. The quantitative estimate of drug-likeness (QED) is 0.148. The van der Waals surface area contributed by atoms with Gasteiger partial charge < -0.3 is 40.0 Å². The minimum atomic E-state index is -0.615. The number of hydrogen-bond acceptors (Lipinski definition) is 10. The van der Waals surface area contributed by atoms with Crippen molar-refractivity contribution in [1.82, 2.24) is 40.3 Å². The molecule has 4 aliphatic rings. The Morgan fingerprint density at radius 1 is 0.414 bits per heavy atom. The Morgan fingerprint density at radius 2 is 0.757 bits per heavy atom. The van der Waals surface area contributed by atoms with Crippen molar-refractivity contribution in [2.75, 3.05) is 33.7 Å². The molecule has 14 heteroatoms. The average Bonchev–Trinajstić information content (AvgIpc) is 4.28. The van der Waals surface area contributed by atoms with Crippen LogP contribution in [0.1, 0.15) is 44.8 Å². The standard InChI is InChI=1S/2C28H19N6.2Pt/c2*1-33-18-34(27-26(33)29-15-16-30-27)20-8-6-7-19(17-20)28(25-13-14-31-32-25)23-11-4-2-9-21(23)22-10-3-5-12-24(22)28;;/h2*2-16,18H,1H3;;/q2*-3;;. The van der Waals surface area contributed by atoms with Gasteiger partial charge in [0.1, 0.15) is 23.3 Å². The first-order valence-corrected chi connectivity index (χ1v) is 22.3. The van der Waals surface area contributed by atoms with Crippen LogP contribution in [0.3, 0.4) is 0 Å². The Balaban J connectivity index is 0.000000148. The van der Waals surface area contributed by atoms with Crippen LogP contribution in [-0.4, -0.2) is 44.2 Å². The van der Waals surface area contributed by atoms with Gasteiger partial charge in [0.25, 0.3) is 0 Å². The molecule has 0 radical (unpaired) electrons. The maximum atomic E-state index is 4.60. The molecular formula is C56H38N12Pt2-6. The minimum Gasteiger partial charge on any atom is -0.581 e. The molecule has 10 aromatic rings. The van der Waals surface area contributed by atoms with E-state index in [0.29, 0.717) is 0 Å². The molecule has 0 bridgehead atoms. The fourth-order valence-corrected chi connectivity index (χ4v) is 10.8. The zero-order valence-electron chi connectivity index (χ0n) is 37.5. The second kappa shape index (κ2) is 17.8. The van der Waals surface area contributed by atoms with Gasteiger partial charge >= 0.3 is 0 Å². The van der Waals surface area contributed by atoms with E-state index in [1.807, 2.05) is 59.2 Å². The fourth-order valence-electron chi connectivity index (χ4n) is 10.8. The molecule has 0 amide bonds. The Morgan fingerprint density at radius 3 is 1.10 bits per heavy atom. The summed E-state index contributed by atoms with van der Waals surface area (Å²) in [6.07, 6.45) is 10.4. The molecule has 0 N–H and O–H groups in total. The molecule has 6 aromatic carbocycles. The SMILES string of the molecule is CN1[CH-]N(c2[c-]c(C3(c4cc[n-]n4)c4ccccc4-c4ccccc43)ccc2)c2nccnc21.CN1[CH-]N(c2[c-]c(C3(c4cc[n-]n4)c4ccccc4-c4ccccc43)ccc2)c2nccnc21.[Pt].[Pt]. The third kappa shape index (κ3) is 6.57. The third-order valence-electron chi connectivity index (χ3n) is 13.5. The van der Waals surface area contributed by atoms with Crippen molar-refractivity contribution in [2.24, 2.45) is 0 Å². The first-order valence-electron chi connectivity index (χ1n) is 22.3. The van der Waals surface area contributed by atoms with Gasteiger partial charge in [-0.1, -0.05) is 109 Å². The normalized spacial score (nSPS) is 14.8. The maximum Gasteiger partial charge on any atom is 0.143 e. The molecule has 348 valence electrons. The van der Waals surface area contributed by atoms with Crippen molar-refractivity contribution in [1.29, 1.82) is 0 Å². The zero-order valence-corrected chi connectivity index (χ0v) is 42.0. The topological polar surface area (TPSA) is 119 Å². The second-order valence-electron chi connectivity index (χ2n) is 17.0.